The van der Waals surface area contributed by atoms with Gasteiger partial charge in [-0.1, -0.05) is 0 Å². The van der Waals surface area contributed by atoms with E-state index >= 15 is 0 Å². The van der Waals surface area contributed by atoms with Crippen molar-refractivity contribution in [1.29, 1.82) is 0 Å². The third-order valence-corrected chi connectivity index (χ3v) is 4.06. The molecular formula is C16H30N2O3. The average Bonchev–Trinajstić information content (AvgIpc) is 2.80. The van der Waals surface area contributed by atoms with Gasteiger partial charge >= 0.3 is 0 Å². The zero-order chi connectivity index (χ0) is 15.3. The summed E-state index contributed by atoms with van der Waals surface area (Å²) in [4.78, 5) is 16.6. The summed E-state index contributed by atoms with van der Waals surface area (Å²) in [6.45, 7) is 11.7. The van der Waals surface area contributed by atoms with Gasteiger partial charge in [0.25, 0.3) is 0 Å². The maximum absolute atomic E-state index is 12.2. The van der Waals surface area contributed by atoms with Gasteiger partial charge < -0.3 is 14.4 Å². The van der Waals surface area contributed by atoms with Gasteiger partial charge in [0.05, 0.1) is 11.7 Å². The molecule has 122 valence electrons. The van der Waals surface area contributed by atoms with Gasteiger partial charge in [0, 0.05) is 32.8 Å². The normalized spacial score (nSPS) is 25.1. The van der Waals surface area contributed by atoms with Crippen molar-refractivity contribution >= 4 is 5.91 Å². The van der Waals surface area contributed by atoms with Crippen LogP contribution in [0, 0.1) is 0 Å². The fourth-order valence-electron chi connectivity index (χ4n) is 2.85. The maximum atomic E-state index is 12.2. The Hall–Kier alpha value is -0.650. The molecule has 1 unspecified atom stereocenters. The predicted octanol–water partition coefficient (Wildman–Crippen LogP) is 1.51. The Morgan fingerprint density at radius 1 is 1.19 bits per heavy atom. The third-order valence-electron chi connectivity index (χ3n) is 4.06. The topological polar surface area (TPSA) is 42.0 Å². The molecule has 2 heterocycles. The average molecular weight is 298 g/mol. The number of carbonyl (C=O) groups excluding carboxylic acids is 1. The van der Waals surface area contributed by atoms with Crippen LogP contribution in [0.2, 0.25) is 0 Å². The second-order valence-electron chi connectivity index (χ2n) is 7.07. The van der Waals surface area contributed by atoms with Crippen molar-refractivity contribution in [2.45, 2.75) is 51.7 Å². The Bertz CT molecular complexity index is 335. The molecule has 0 saturated carbocycles. The molecular weight excluding hydrogens is 268 g/mol. The number of nitrogens with zero attached hydrogens (tertiary/aromatic N) is 2. The highest BCUT2D eigenvalue weighted by Gasteiger charge is 2.24. The maximum Gasteiger partial charge on any atom is 0.248 e. The molecule has 2 aliphatic rings. The fourth-order valence-corrected chi connectivity index (χ4v) is 2.85. The van der Waals surface area contributed by atoms with E-state index in [-0.39, 0.29) is 18.1 Å². The van der Waals surface area contributed by atoms with Gasteiger partial charge in [0.1, 0.15) is 6.61 Å². The zero-order valence-corrected chi connectivity index (χ0v) is 13.8. The van der Waals surface area contributed by atoms with Crippen molar-refractivity contribution in [3.8, 4) is 0 Å². The van der Waals surface area contributed by atoms with Gasteiger partial charge in [-0.3, -0.25) is 9.69 Å². The van der Waals surface area contributed by atoms with E-state index in [1.165, 1.54) is 12.8 Å². The monoisotopic (exact) mass is 298 g/mol. The molecule has 21 heavy (non-hydrogen) atoms. The van der Waals surface area contributed by atoms with Gasteiger partial charge in [-0.15, -0.1) is 0 Å². The van der Waals surface area contributed by atoms with E-state index in [0.29, 0.717) is 6.10 Å². The molecule has 0 radical (unpaired) electrons. The lowest BCUT2D eigenvalue weighted by molar-refractivity contribution is -0.140. The number of amides is 1. The third kappa shape index (κ3) is 5.93. The Morgan fingerprint density at radius 3 is 2.67 bits per heavy atom. The van der Waals surface area contributed by atoms with Crippen LogP contribution in [0.5, 0.6) is 0 Å². The van der Waals surface area contributed by atoms with Crippen molar-refractivity contribution in [3.05, 3.63) is 0 Å². The minimum atomic E-state index is -0.257. The second kappa shape index (κ2) is 7.56. The molecule has 2 fully saturated rings. The Kier molecular flexibility index (Phi) is 6.02. The molecule has 2 rings (SSSR count). The number of hydrogen-bond donors (Lipinski definition) is 0. The van der Waals surface area contributed by atoms with Crippen LogP contribution in [0.15, 0.2) is 0 Å². The van der Waals surface area contributed by atoms with Gasteiger partial charge in [0.15, 0.2) is 0 Å². The number of rotatable bonds is 4. The molecule has 2 aliphatic heterocycles. The van der Waals surface area contributed by atoms with Crippen LogP contribution >= 0.6 is 0 Å². The van der Waals surface area contributed by atoms with E-state index in [1.807, 2.05) is 25.7 Å². The minimum absolute atomic E-state index is 0.115. The number of hydrogen-bond acceptors (Lipinski definition) is 4. The van der Waals surface area contributed by atoms with Crippen LogP contribution in [0.3, 0.4) is 0 Å². The quantitative estimate of drug-likeness (QED) is 0.789. The van der Waals surface area contributed by atoms with E-state index in [1.54, 1.807) is 0 Å². The first-order valence-electron chi connectivity index (χ1n) is 8.20. The molecule has 1 amide bonds. The molecule has 5 nitrogen and oxygen atoms in total. The Morgan fingerprint density at radius 2 is 2.00 bits per heavy atom. The van der Waals surface area contributed by atoms with E-state index in [0.717, 1.165) is 45.8 Å². The molecule has 0 spiro atoms. The van der Waals surface area contributed by atoms with Crippen LogP contribution in [-0.4, -0.2) is 73.3 Å². The summed E-state index contributed by atoms with van der Waals surface area (Å²) in [6.07, 6.45) is 3.80. The summed E-state index contributed by atoms with van der Waals surface area (Å²) in [5.74, 6) is 0.115. The predicted molar refractivity (Wildman–Crippen MR) is 82.3 cm³/mol. The summed E-state index contributed by atoms with van der Waals surface area (Å²) < 4.78 is 11.3. The fraction of sp³-hybridized carbons (Fsp3) is 0.938. The molecule has 0 aromatic heterocycles. The van der Waals surface area contributed by atoms with Gasteiger partial charge in [-0.05, 0) is 46.6 Å². The van der Waals surface area contributed by atoms with Crippen LogP contribution in [0.1, 0.15) is 40.0 Å². The van der Waals surface area contributed by atoms with Crippen LogP contribution in [-0.2, 0) is 14.3 Å². The smallest absolute Gasteiger partial charge is 0.248 e. The minimum Gasteiger partial charge on any atom is -0.377 e. The van der Waals surface area contributed by atoms with Crippen molar-refractivity contribution in [2.75, 3.05) is 45.9 Å². The zero-order valence-electron chi connectivity index (χ0n) is 13.8. The van der Waals surface area contributed by atoms with E-state index in [4.69, 9.17) is 9.47 Å². The molecule has 1 atom stereocenters. The second-order valence-corrected chi connectivity index (χ2v) is 7.07. The first-order chi connectivity index (χ1) is 9.94. The lowest BCUT2D eigenvalue weighted by atomic mass is 10.2. The first kappa shape index (κ1) is 16.7. The summed E-state index contributed by atoms with van der Waals surface area (Å²) in [7, 11) is 0. The molecule has 0 bridgehead atoms. The van der Waals surface area contributed by atoms with Crippen molar-refractivity contribution < 1.29 is 14.3 Å². The summed E-state index contributed by atoms with van der Waals surface area (Å²) in [6, 6.07) is 0. The lowest BCUT2D eigenvalue weighted by Crippen LogP contribution is -2.40. The Balaban J connectivity index is 1.73. The van der Waals surface area contributed by atoms with E-state index < -0.39 is 0 Å². The summed E-state index contributed by atoms with van der Waals surface area (Å²) in [5.41, 5.74) is -0.257. The number of carbonyl (C=O) groups is 1. The molecule has 0 aliphatic carbocycles. The van der Waals surface area contributed by atoms with Crippen LogP contribution < -0.4 is 0 Å². The molecule has 5 heteroatoms. The largest absolute Gasteiger partial charge is 0.377 e. The molecule has 0 N–H and O–H groups in total. The van der Waals surface area contributed by atoms with Crippen LogP contribution in [0.4, 0.5) is 0 Å². The first-order valence-corrected chi connectivity index (χ1v) is 8.20. The summed E-state index contributed by atoms with van der Waals surface area (Å²) >= 11 is 0. The highest BCUT2D eigenvalue weighted by molar-refractivity contribution is 5.77. The molecule has 0 aromatic carbocycles. The standard InChI is InChI=1S/C16H30N2O3/c1-16(2,3)21-13-15(19)18-8-5-7-17(9-10-18)12-14-6-4-11-20-14/h14H,4-13H2,1-3H3. The van der Waals surface area contributed by atoms with Crippen molar-refractivity contribution in [2.24, 2.45) is 0 Å². The summed E-state index contributed by atoms with van der Waals surface area (Å²) in [5, 5.41) is 0. The van der Waals surface area contributed by atoms with Crippen molar-refractivity contribution in [3.63, 3.8) is 0 Å². The van der Waals surface area contributed by atoms with Gasteiger partial charge in [0.2, 0.25) is 5.91 Å². The van der Waals surface area contributed by atoms with Gasteiger partial charge in [-0.25, -0.2) is 0 Å². The van der Waals surface area contributed by atoms with E-state index in [2.05, 4.69) is 4.90 Å². The molecule has 0 aromatic rings. The highest BCUT2D eigenvalue weighted by atomic mass is 16.5. The lowest BCUT2D eigenvalue weighted by Gasteiger charge is -2.25. The SMILES string of the molecule is CC(C)(C)OCC(=O)N1CCCN(CC2CCCO2)CC1. The van der Waals surface area contributed by atoms with Crippen molar-refractivity contribution in [1.82, 2.24) is 9.80 Å². The number of ether oxygens (including phenoxy) is 2. The Labute approximate surface area is 128 Å². The van der Waals surface area contributed by atoms with Gasteiger partial charge in [-0.2, -0.15) is 0 Å². The highest BCUT2D eigenvalue weighted by Crippen LogP contribution is 2.15. The van der Waals surface area contributed by atoms with E-state index in [9.17, 15) is 4.79 Å². The molecule has 2 saturated heterocycles. The van der Waals surface area contributed by atoms with Crippen LogP contribution in [0.25, 0.3) is 0 Å².